The minimum absolute atomic E-state index is 0.184. The van der Waals surface area contributed by atoms with Gasteiger partial charge in [-0.15, -0.1) is 0 Å². The lowest BCUT2D eigenvalue weighted by molar-refractivity contribution is -0.122. The van der Waals surface area contributed by atoms with Crippen LogP contribution in [0.2, 0.25) is 0 Å². The molecule has 9 heteroatoms. The van der Waals surface area contributed by atoms with Crippen LogP contribution in [0.5, 0.6) is 11.5 Å². The summed E-state index contributed by atoms with van der Waals surface area (Å²) in [7, 11) is 3.10. The molecule has 31 heavy (non-hydrogen) atoms. The van der Waals surface area contributed by atoms with E-state index in [0.717, 1.165) is 15.3 Å². The molecular weight excluding hydrogens is 536 g/mol. The summed E-state index contributed by atoms with van der Waals surface area (Å²) in [6, 6.07) is 9.77. The van der Waals surface area contributed by atoms with Crippen LogP contribution in [-0.2, 0) is 16.1 Å². The molecule has 2 aromatic rings. The van der Waals surface area contributed by atoms with Crippen molar-refractivity contribution >= 4 is 51.6 Å². The van der Waals surface area contributed by atoms with Crippen molar-refractivity contribution in [1.29, 1.82) is 0 Å². The Morgan fingerprint density at radius 3 is 2.71 bits per heavy atom. The molecule has 1 aliphatic heterocycles. The van der Waals surface area contributed by atoms with Crippen molar-refractivity contribution in [3.63, 3.8) is 0 Å². The van der Waals surface area contributed by atoms with Crippen molar-refractivity contribution in [3.05, 3.63) is 61.8 Å². The highest BCUT2D eigenvalue weighted by Gasteiger charge is 2.34. The molecule has 2 amide bonds. The molecule has 6 nitrogen and oxygen atoms in total. The van der Waals surface area contributed by atoms with E-state index in [0.29, 0.717) is 47.1 Å². The molecule has 3 rings (SSSR count). The predicted molar refractivity (Wildman–Crippen MR) is 126 cm³/mol. The Labute approximate surface area is 197 Å². The Morgan fingerprint density at radius 2 is 2.00 bits per heavy atom. The van der Waals surface area contributed by atoms with Crippen molar-refractivity contribution in [2.45, 2.75) is 13.0 Å². The van der Waals surface area contributed by atoms with Crippen LogP contribution < -0.4 is 9.47 Å². The number of thioether (sulfide) groups is 1. The van der Waals surface area contributed by atoms with Crippen LogP contribution in [0, 0.1) is 9.39 Å². The quantitative estimate of drug-likeness (QED) is 0.243. The summed E-state index contributed by atoms with van der Waals surface area (Å²) in [5.74, 6) is 0.367. The van der Waals surface area contributed by atoms with Crippen LogP contribution in [-0.4, -0.2) is 43.4 Å². The number of nitrogens with zero attached hydrogens (tertiary/aromatic N) is 1. The van der Waals surface area contributed by atoms with Gasteiger partial charge in [-0.1, -0.05) is 12.1 Å². The van der Waals surface area contributed by atoms with Gasteiger partial charge >= 0.3 is 0 Å². The lowest BCUT2D eigenvalue weighted by Crippen LogP contribution is -2.29. The minimum Gasteiger partial charge on any atom is -0.493 e. The maximum Gasteiger partial charge on any atom is 0.293 e. The van der Waals surface area contributed by atoms with Crippen molar-refractivity contribution < 1.29 is 28.2 Å². The maximum atomic E-state index is 13.4. The molecule has 0 radical (unpaired) electrons. The number of ether oxygens (including phenoxy) is 3. The van der Waals surface area contributed by atoms with E-state index in [4.69, 9.17) is 14.2 Å². The molecule has 164 valence electrons. The maximum absolute atomic E-state index is 13.4. The Hall–Kier alpha value is -2.11. The second kappa shape index (κ2) is 11.0. The summed E-state index contributed by atoms with van der Waals surface area (Å²) in [6.45, 7) is 0.987. The lowest BCUT2D eigenvalue weighted by atomic mass is 10.1. The second-order valence-electron chi connectivity index (χ2n) is 6.63. The zero-order valence-electron chi connectivity index (χ0n) is 17.0. The van der Waals surface area contributed by atoms with E-state index >= 15 is 0 Å². The summed E-state index contributed by atoms with van der Waals surface area (Å²) >= 11 is 3.03. The summed E-state index contributed by atoms with van der Waals surface area (Å²) in [5.41, 5.74) is 1.41. The van der Waals surface area contributed by atoms with Gasteiger partial charge in [0.05, 0.1) is 15.6 Å². The van der Waals surface area contributed by atoms with Gasteiger partial charge in [0.25, 0.3) is 11.1 Å². The summed E-state index contributed by atoms with van der Waals surface area (Å²) in [4.78, 5) is 26.4. The smallest absolute Gasteiger partial charge is 0.293 e. The summed E-state index contributed by atoms with van der Waals surface area (Å²) in [6.07, 6.45) is 2.26. The molecule has 1 heterocycles. The monoisotopic (exact) mass is 557 g/mol. The lowest BCUT2D eigenvalue weighted by Gasteiger charge is -2.14. The van der Waals surface area contributed by atoms with Gasteiger partial charge in [0.2, 0.25) is 0 Å². The highest BCUT2D eigenvalue weighted by molar-refractivity contribution is 14.1. The Kier molecular flexibility index (Phi) is 8.33. The standard InChI is InChI=1S/C22H21FINO5S/c1-28-8-4-7-25-21(26)19(31-22(25)27)12-15-10-17(24)20(18(11-15)29-2)30-13-14-5-3-6-16(23)9-14/h3,5-6,9-12H,4,7-8,13H2,1-2H3/b19-12+. The SMILES string of the molecule is COCCCN1C(=O)S/C(=C/c2cc(I)c(OCc3cccc(F)c3)c(OC)c2)C1=O. The topological polar surface area (TPSA) is 65.1 Å². The molecule has 0 N–H and O–H groups in total. The fourth-order valence-electron chi connectivity index (χ4n) is 2.96. The number of carbonyl (C=O) groups is 2. The molecule has 0 bridgehead atoms. The molecule has 0 aliphatic carbocycles. The van der Waals surface area contributed by atoms with E-state index in [2.05, 4.69) is 22.6 Å². The van der Waals surface area contributed by atoms with Crippen LogP contribution in [0.4, 0.5) is 9.18 Å². The van der Waals surface area contributed by atoms with Crippen LogP contribution in [0.15, 0.2) is 41.3 Å². The number of hydrogen-bond donors (Lipinski definition) is 0. The zero-order chi connectivity index (χ0) is 22.4. The highest BCUT2D eigenvalue weighted by Crippen LogP contribution is 2.37. The van der Waals surface area contributed by atoms with E-state index in [9.17, 15) is 14.0 Å². The first kappa shape index (κ1) is 23.6. The van der Waals surface area contributed by atoms with Crippen LogP contribution >= 0.6 is 34.4 Å². The first-order valence-electron chi connectivity index (χ1n) is 9.42. The highest BCUT2D eigenvalue weighted by atomic mass is 127. The van der Waals surface area contributed by atoms with Crippen LogP contribution in [0.25, 0.3) is 6.08 Å². The number of hydrogen-bond acceptors (Lipinski definition) is 6. The number of rotatable bonds is 9. The van der Waals surface area contributed by atoms with Gasteiger partial charge in [0, 0.05) is 20.3 Å². The van der Waals surface area contributed by atoms with Crippen molar-refractivity contribution in [3.8, 4) is 11.5 Å². The normalized spacial score (nSPS) is 15.1. The fraction of sp³-hybridized carbons (Fsp3) is 0.273. The third-order valence-corrected chi connectivity index (χ3v) is 6.13. The molecule has 0 spiro atoms. The Balaban J connectivity index is 1.78. The molecule has 1 saturated heterocycles. The van der Waals surface area contributed by atoms with Crippen molar-refractivity contribution in [2.24, 2.45) is 0 Å². The molecule has 0 atom stereocenters. The number of amides is 2. The first-order valence-corrected chi connectivity index (χ1v) is 11.3. The van der Waals surface area contributed by atoms with Gasteiger partial charge in [-0.3, -0.25) is 14.5 Å². The van der Waals surface area contributed by atoms with Crippen LogP contribution in [0.3, 0.4) is 0 Å². The molecule has 1 aliphatic rings. The van der Waals surface area contributed by atoms with E-state index in [-0.39, 0.29) is 23.6 Å². The van der Waals surface area contributed by atoms with E-state index in [1.54, 1.807) is 31.4 Å². The van der Waals surface area contributed by atoms with Gasteiger partial charge in [-0.2, -0.15) is 0 Å². The zero-order valence-corrected chi connectivity index (χ0v) is 20.0. The van der Waals surface area contributed by atoms with Crippen molar-refractivity contribution in [2.75, 3.05) is 27.4 Å². The third kappa shape index (κ3) is 5.98. The van der Waals surface area contributed by atoms with Gasteiger partial charge in [-0.25, -0.2) is 4.39 Å². The van der Waals surface area contributed by atoms with E-state index in [1.807, 2.05) is 6.07 Å². The summed E-state index contributed by atoms with van der Waals surface area (Å²) in [5, 5.41) is -0.288. The van der Waals surface area contributed by atoms with Gasteiger partial charge in [-0.05, 0) is 82.2 Å². The van der Waals surface area contributed by atoms with Gasteiger partial charge in [0.15, 0.2) is 11.5 Å². The Bertz CT molecular complexity index is 1010. The number of methoxy groups -OCH3 is 2. The number of benzene rings is 2. The number of carbonyl (C=O) groups excluding carboxylic acids is 2. The number of halogens is 2. The van der Waals surface area contributed by atoms with Crippen molar-refractivity contribution in [1.82, 2.24) is 4.90 Å². The molecular formula is C22H21FINO5S. The molecule has 1 fully saturated rings. The van der Waals surface area contributed by atoms with Crippen LogP contribution in [0.1, 0.15) is 17.5 Å². The third-order valence-electron chi connectivity index (χ3n) is 4.43. The molecule has 0 unspecified atom stereocenters. The van der Waals surface area contributed by atoms with E-state index < -0.39 is 0 Å². The number of imide groups is 1. The van der Waals surface area contributed by atoms with Gasteiger partial charge in [0.1, 0.15) is 12.4 Å². The Morgan fingerprint density at radius 1 is 1.19 bits per heavy atom. The second-order valence-corrected chi connectivity index (χ2v) is 8.79. The first-order chi connectivity index (χ1) is 14.9. The van der Waals surface area contributed by atoms with E-state index in [1.165, 1.54) is 24.1 Å². The molecule has 2 aromatic carbocycles. The minimum atomic E-state index is -0.325. The average molecular weight is 557 g/mol. The van der Waals surface area contributed by atoms with Gasteiger partial charge < -0.3 is 14.2 Å². The largest absolute Gasteiger partial charge is 0.493 e. The summed E-state index contributed by atoms with van der Waals surface area (Å²) < 4.78 is 30.5. The molecule has 0 saturated carbocycles. The fourth-order valence-corrected chi connectivity index (χ4v) is 4.60. The molecule has 0 aromatic heterocycles. The predicted octanol–water partition coefficient (Wildman–Crippen LogP) is 5.09. The average Bonchev–Trinajstić information content (AvgIpc) is 3.00.